The van der Waals surface area contributed by atoms with Crippen LogP contribution in [0.5, 0.6) is 17.2 Å². The van der Waals surface area contributed by atoms with Crippen LogP contribution in [0.1, 0.15) is 11.1 Å². The van der Waals surface area contributed by atoms with Gasteiger partial charge in [0.2, 0.25) is 11.2 Å². The van der Waals surface area contributed by atoms with E-state index in [-0.39, 0.29) is 17.8 Å². The van der Waals surface area contributed by atoms with Crippen molar-refractivity contribution in [1.82, 2.24) is 0 Å². The Morgan fingerprint density at radius 3 is 2.16 bits per heavy atom. The Morgan fingerprint density at radius 2 is 1.50 bits per heavy atom. The van der Waals surface area contributed by atoms with Crippen molar-refractivity contribution in [2.75, 3.05) is 14.2 Å². The summed E-state index contributed by atoms with van der Waals surface area (Å²) in [6.45, 7) is 0.211. The molecular formula is C31H26N2O5. The average Bonchev–Trinajstić information content (AvgIpc) is 2.97. The zero-order valence-corrected chi connectivity index (χ0v) is 21.0. The van der Waals surface area contributed by atoms with Crippen molar-refractivity contribution >= 4 is 22.5 Å². The highest BCUT2D eigenvalue weighted by atomic mass is 16.5. The highest BCUT2D eigenvalue weighted by molar-refractivity contribution is 5.99. The molecule has 0 unspecified atom stereocenters. The Kier molecular flexibility index (Phi) is 7.08. The molecule has 0 aliphatic heterocycles. The predicted octanol–water partition coefficient (Wildman–Crippen LogP) is 6.09. The molecule has 0 atom stereocenters. The van der Waals surface area contributed by atoms with Crippen LogP contribution in [0, 0.1) is 0 Å². The molecule has 0 radical (unpaired) electrons. The van der Waals surface area contributed by atoms with E-state index < -0.39 is 0 Å². The van der Waals surface area contributed by atoms with Crippen molar-refractivity contribution in [3.63, 3.8) is 0 Å². The van der Waals surface area contributed by atoms with E-state index in [0.29, 0.717) is 39.6 Å². The molecule has 4 aromatic carbocycles. The lowest BCUT2D eigenvalue weighted by Gasteiger charge is -2.12. The second-order valence-corrected chi connectivity index (χ2v) is 8.50. The Bertz CT molecular complexity index is 1640. The van der Waals surface area contributed by atoms with E-state index in [1.54, 1.807) is 44.6 Å². The van der Waals surface area contributed by atoms with Crippen molar-refractivity contribution in [1.29, 1.82) is 0 Å². The smallest absolute Gasteiger partial charge is 0.235 e. The standard InChI is InChI=1S/C31H26N2O5/c1-35-24-13-8-21(9-14-24)29-30(37-19-20-6-4-3-5-7-20)28(34)26-18-23(12-17-27(26)38-29)33-31(32)22-10-15-25(36-2)16-11-22/h3-18H,19H2,1-2H3,(H2,32,33). The first kappa shape index (κ1) is 24.6. The number of fused-ring (bicyclic) bond motifs is 1. The van der Waals surface area contributed by atoms with Gasteiger partial charge in [-0.3, -0.25) is 4.79 Å². The van der Waals surface area contributed by atoms with E-state index >= 15 is 0 Å². The number of benzene rings is 4. The lowest BCUT2D eigenvalue weighted by atomic mass is 10.1. The molecule has 190 valence electrons. The summed E-state index contributed by atoms with van der Waals surface area (Å²) in [5.41, 5.74) is 9.23. The summed E-state index contributed by atoms with van der Waals surface area (Å²) in [4.78, 5) is 18.3. The van der Waals surface area contributed by atoms with Crippen molar-refractivity contribution < 1.29 is 18.6 Å². The van der Waals surface area contributed by atoms with Crippen LogP contribution in [-0.4, -0.2) is 20.1 Å². The van der Waals surface area contributed by atoms with Crippen LogP contribution in [0.15, 0.2) is 111 Å². The topological polar surface area (TPSA) is 96.3 Å². The SMILES string of the molecule is COc1ccc(C(N)=Nc2ccc3oc(-c4ccc(OC)cc4)c(OCc4ccccc4)c(=O)c3c2)cc1. The molecule has 0 spiro atoms. The van der Waals surface area contributed by atoms with Gasteiger partial charge in [-0.25, -0.2) is 4.99 Å². The van der Waals surface area contributed by atoms with Gasteiger partial charge < -0.3 is 24.4 Å². The first-order chi connectivity index (χ1) is 18.6. The summed E-state index contributed by atoms with van der Waals surface area (Å²) < 4.78 is 22.8. The largest absolute Gasteiger partial charge is 0.497 e. The number of nitrogens with zero attached hydrogens (tertiary/aromatic N) is 1. The molecule has 7 heteroatoms. The molecular weight excluding hydrogens is 480 g/mol. The summed E-state index contributed by atoms with van der Waals surface area (Å²) in [7, 11) is 3.20. The van der Waals surface area contributed by atoms with E-state index in [1.165, 1.54) is 0 Å². The molecule has 38 heavy (non-hydrogen) atoms. The van der Waals surface area contributed by atoms with E-state index in [2.05, 4.69) is 4.99 Å². The van der Waals surface area contributed by atoms with Crippen LogP contribution in [-0.2, 0) is 6.61 Å². The molecule has 5 rings (SSSR count). The number of hydrogen-bond acceptors (Lipinski definition) is 6. The third kappa shape index (κ3) is 5.22. The zero-order valence-electron chi connectivity index (χ0n) is 21.0. The van der Waals surface area contributed by atoms with Crippen LogP contribution in [0.2, 0.25) is 0 Å². The highest BCUT2D eigenvalue weighted by Gasteiger charge is 2.19. The molecule has 0 amide bonds. The highest BCUT2D eigenvalue weighted by Crippen LogP contribution is 2.33. The van der Waals surface area contributed by atoms with E-state index in [1.807, 2.05) is 66.7 Å². The van der Waals surface area contributed by atoms with Crippen molar-refractivity contribution in [3.05, 3.63) is 118 Å². The summed E-state index contributed by atoms with van der Waals surface area (Å²) in [6.07, 6.45) is 0. The maximum Gasteiger partial charge on any atom is 0.235 e. The number of methoxy groups -OCH3 is 2. The average molecular weight is 507 g/mol. The van der Waals surface area contributed by atoms with Gasteiger partial charge in [-0.05, 0) is 72.3 Å². The minimum atomic E-state index is -0.298. The number of rotatable bonds is 8. The van der Waals surface area contributed by atoms with Gasteiger partial charge in [0.05, 0.1) is 25.3 Å². The number of aliphatic imine (C=N–C) groups is 1. The first-order valence-corrected chi connectivity index (χ1v) is 12.0. The van der Waals surface area contributed by atoms with Crippen LogP contribution in [0.4, 0.5) is 5.69 Å². The second-order valence-electron chi connectivity index (χ2n) is 8.50. The van der Waals surface area contributed by atoms with Gasteiger partial charge in [-0.2, -0.15) is 0 Å². The lowest BCUT2D eigenvalue weighted by Crippen LogP contribution is -2.13. The number of nitrogens with two attached hydrogens (primary N) is 1. The quantitative estimate of drug-likeness (QED) is 0.202. The molecule has 1 aromatic heterocycles. The molecule has 7 nitrogen and oxygen atoms in total. The first-order valence-electron chi connectivity index (χ1n) is 12.0. The Balaban J connectivity index is 1.57. The normalized spacial score (nSPS) is 11.4. The third-order valence-electron chi connectivity index (χ3n) is 6.05. The fraction of sp³-hybridized carbons (Fsp3) is 0.0968. The number of ether oxygens (including phenoxy) is 3. The van der Waals surface area contributed by atoms with Crippen LogP contribution >= 0.6 is 0 Å². The molecule has 0 bridgehead atoms. The maximum atomic E-state index is 13.7. The molecule has 0 saturated heterocycles. The summed E-state index contributed by atoms with van der Waals surface area (Å²) >= 11 is 0. The number of hydrogen-bond donors (Lipinski definition) is 1. The Labute approximate surface area is 219 Å². The Morgan fingerprint density at radius 1 is 0.842 bits per heavy atom. The van der Waals surface area contributed by atoms with Gasteiger partial charge >= 0.3 is 0 Å². The van der Waals surface area contributed by atoms with E-state index in [9.17, 15) is 4.79 Å². The molecule has 0 aliphatic carbocycles. The molecule has 0 aliphatic rings. The summed E-state index contributed by atoms with van der Waals surface area (Å²) in [5, 5.41) is 0.342. The van der Waals surface area contributed by atoms with E-state index in [0.717, 1.165) is 16.9 Å². The lowest BCUT2D eigenvalue weighted by molar-refractivity contribution is 0.298. The van der Waals surface area contributed by atoms with Crippen molar-refractivity contribution in [2.45, 2.75) is 6.61 Å². The third-order valence-corrected chi connectivity index (χ3v) is 6.05. The fourth-order valence-electron chi connectivity index (χ4n) is 3.99. The predicted molar refractivity (Wildman–Crippen MR) is 149 cm³/mol. The molecule has 5 aromatic rings. The van der Waals surface area contributed by atoms with Gasteiger partial charge in [0.1, 0.15) is 29.5 Å². The van der Waals surface area contributed by atoms with Crippen LogP contribution in [0.25, 0.3) is 22.3 Å². The van der Waals surface area contributed by atoms with Crippen molar-refractivity contribution in [3.8, 4) is 28.6 Å². The number of amidine groups is 1. The zero-order chi connectivity index (χ0) is 26.5. The summed E-state index contributed by atoms with van der Waals surface area (Å²) in [5.74, 6) is 2.19. The molecule has 0 fully saturated rings. The monoisotopic (exact) mass is 506 g/mol. The van der Waals surface area contributed by atoms with Gasteiger partial charge in [0.15, 0.2) is 5.76 Å². The van der Waals surface area contributed by atoms with Gasteiger partial charge in [0, 0.05) is 11.1 Å². The minimum absolute atomic E-state index is 0.121. The van der Waals surface area contributed by atoms with Gasteiger partial charge in [0.25, 0.3) is 0 Å². The molecule has 1 heterocycles. The second kappa shape index (κ2) is 10.9. The summed E-state index contributed by atoms with van der Waals surface area (Å²) in [6, 6.07) is 29.3. The fourth-order valence-corrected chi connectivity index (χ4v) is 3.99. The van der Waals surface area contributed by atoms with Crippen LogP contribution < -0.4 is 25.4 Å². The maximum absolute atomic E-state index is 13.7. The van der Waals surface area contributed by atoms with Crippen molar-refractivity contribution in [2.24, 2.45) is 10.7 Å². The van der Waals surface area contributed by atoms with E-state index in [4.69, 9.17) is 24.4 Å². The Hall–Kier alpha value is -5.04. The van der Waals surface area contributed by atoms with Crippen LogP contribution in [0.3, 0.4) is 0 Å². The minimum Gasteiger partial charge on any atom is -0.497 e. The molecule has 2 N–H and O–H groups in total. The molecule has 0 saturated carbocycles. The van der Waals surface area contributed by atoms with Gasteiger partial charge in [-0.1, -0.05) is 30.3 Å². The van der Waals surface area contributed by atoms with Gasteiger partial charge in [-0.15, -0.1) is 0 Å².